The standard InChI is InChI=1S/C12H19N3/c1-2-11(1)12-7-14-9-15(12)8-10-3-5-13-6-4-10/h7,9-11,13H,1-6,8H2. The molecule has 1 N–H and O–H groups in total. The number of piperidine rings is 1. The lowest BCUT2D eigenvalue weighted by Gasteiger charge is -2.23. The van der Waals surface area contributed by atoms with Crippen molar-refractivity contribution in [2.75, 3.05) is 13.1 Å². The second-order valence-corrected chi connectivity index (χ2v) is 4.94. The molecule has 0 bridgehead atoms. The lowest BCUT2D eigenvalue weighted by Crippen LogP contribution is -2.30. The Morgan fingerprint density at radius 2 is 2.07 bits per heavy atom. The molecule has 15 heavy (non-hydrogen) atoms. The Hall–Kier alpha value is -0.830. The molecule has 1 aliphatic carbocycles. The minimum Gasteiger partial charge on any atom is -0.334 e. The van der Waals surface area contributed by atoms with E-state index in [9.17, 15) is 0 Å². The van der Waals surface area contributed by atoms with Gasteiger partial charge in [0.05, 0.1) is 6.33 Å². The van der Waals surface area contributed by atoms with E-state index in [1.54, 1.807) is 0 Å². The molecule has 0 amide bonds. The Labute approximate surface area is 90.9 Å². The van der Waals surface area contributed by atoms with Crippen molar-refractivity contribution in [3.63, 3.8) is 0 Å². The maximum Gasteiger partial charge on any atom is 0.0948 e. The smallest absolute Gasteiger partial charge is 0.0948 e. The molecule has 0 spiro atoms. The van der Waals surface area contributed by atoms with E-state index >= 15 is 0 Å². The SMILES string of the molecule is c1ncn(CC2CCNCC2)c1C1CC1. The summed E-state index contributed by atoms with van der Waals surface area (Å²) >= 11 is 0. The van der Waals surface area contributed by atoms with Crippen LogP contribution in [0.5, 0.6) is 0 Å². The Bertz CT molecular complexity index is 321. The summed E-state index contributed by atoms with van der Waals surface area (Å²) in [5, 5.41) is 3.42. The van der Waals surface area contributed by atoms with Crippen molar-refractivity contribution >= 4 is 0 Å². The number of hydrogen-bond donors (Lipinski definition) is 1. The topological polar surface area (TPSA) is 29.9 Å². The number of hydrogen-bond acceptors (Lipinski definition) is 2. The minimum absolute atomic E-state index is 0.828. The van der Waals surface area contributed by atoms with Gasteiger partial charge in [-0.25, -0.2) is 4.98 Å². The molecule has 0 aromatic carbocycles. The normalized spacial score (nSPS) is 23.2. The van der Waals surface area contributed by atoms with Crippen LogP contribution in [0.4, 0.5) is 0 Å². The summed E-state index contributed by atoms with van der Waals surface area (Å²) in [5.74, 6) is 1.69. The highest BCUT2D eigenvalue weighted by molar-refractivity contribution is 5.12. The van der Waals surface area contributed by atoms with Gasteiger partial charge >= 0.3 is 0 Å². The second kappa shape index (κ2) is 3.97. The third-order valence-electron chi connectivity index (χ3n) is 3.65. The van der Waals surface area contributed by atoms with Crippen LogP contribution in [-0.2, 0) is 6.54 Å². The first-order chi connectivity index (χ1) is 7.43. The Kier molecular flexibility index (Phi) is 2.49. The zero-order chi connectivity index (χ0) is 10.1. The minimum atomic E-state index is 0.828. The van der Waals surface area contributed by atoms with Crippen molar-refractivity contribution in [2.45, 2.75) is 38.1 Å². The first-order valence-corrected chi connectivity index (χ1v) is 6.14. The lowest BCUT2D eigenvalue weighted by molar-refractivity contribution is 0.330. The second-order valence-electron chi connectivity index (χ2n) is 4.94. The molecular formula is C12H19N3. The zero-order valence-electron chi connectivity index (χ0n) is 9.15. The van der Waals surface area contributed by atoms with E-state index in [-0.39, 0.29) is 0 Å². The van der Waals surface area contributed by atoms with Crippen molar-refractivity contribution in [2.24, 2.45) is 5.92 Å². The Morgan fingerprint density at radius 1 is 1.27 bits per heavy atom. The summed E-state index contributed by atoms with van der Waals surface area (Å²) in [7, 11) is 0. The molecule has 0 unspecified atom stereocenters. The third-order valence-corrected chi connectivity index (χ3v) is 3.65. The van der Waals surface area contributed by atoms with Crippen molar-refractivity contribution in [3.8, 4) is 0 Å². The van der Waals surface area contributed by atoms with Crippen molar-refractivity contribution < 1.29 is 0 Å². The van der Waals surface area contributed by atoms with Gasteiger partial charge in [-0.1, -0.05) is 0 Å². The predicted octanol–water partition coefficient (Wildman–Crippen LogP) is 1.76. The summed E-state index contributed by atoms with van der Waals surface area (Å²) in [4.78, 5) is 4.30. The first-order valence-electron chi connectivity index (χ1n) is 6.14. The van der Waals surface area contributed by atoms with E-state index in [0.717, 1.165) is 11.8 Å². The van der Waals surface area contributed by atoms with Gasteiger partial charge in [-0.3, -0.25) is 0 Å². The summed E-state index contributed by atoms with van der Waals surface area (Å²) < 4.78 is 2.40. The van der Waals surface area contributed by atoms with Crippen LogP contribution in [0.2, 0.25) is 0 Å². The van der Waals surface area contributed by atoms with Gasteiger partial charge in [0.25, 0.3) is 0 Å². The van der Waals surface area contributed by atoms with Gasteiger partial charge in [-0.15, -0.1) is 0 Å². The van der Waals surface area contributed by atoms with E-state index in [1.165, 1.54) is 51.0 Å². The van der Waals surface area contributed by atoms with Crippen LogP contribution in [0.1, 0.15) is 37.3 Å². The third kappa shape index (κ3) is 2.07. The average Bonchev–Trinajstić information content (AvgIpc) is 3.02. The van der Waals surface area contributed by atoms with Gasteiger partial charge in [0, 0.05) is 24.4 Å². The van der Waals surface area contributed by atoms with Gasteiger partial charge in [0.1, 0.15) is 0 Å². The molecule has 0 atom stereocenters. The van der Waals surface area contributed by atoms with Gasteiger partial charge in [-0.05, 0) is 44.7 Å². The van der Waals surface area contributed by atoms with Crippen LogP contribution in [0.3, 0.4) is 0 Å². The number of imidazole rings is 1. The molecule has 2 fully saturated rings. The Balaban J connectivity index is 1.67. The highest BCUT2D eigenvalue weighted by atomic mass is 15.1. The maximum atomic E-state index is 4.30. The van der Waals surface area contributed by atoms with Gasteiger partial charge in [0.15, 0.2) is 0 Å². The molecular weight excluding hydrogens is 186 g/mol. The van der Waals surface area contributed by atoms with E-state index in [1.807, 2.05) is 6.33 Å². The monoisotopic (exact) mass is 205 g/mol. The molecule has 1 saturated heterocycles. The quantitative estimate of drug-likeness (QED) is 0.815. The fourth-order valence-electron chi connectivity index (χ4n) is 2.55. The number of aromatic nitrogens is 2. The number of rotatable bonds is 3. The van der Waals surface area contributed by atoms with Crippen LogP contribution in [0.15, 0.2) is 12.5 Å². The molecule has 3 rings (SSSR count). The first kappa shape index (κ1) is 9.40. The number of nitrogens with one attached hydrogen (secondary N) is 1. The molecule has 1 aliphatic heterocycles. The van der Waals surface area contributed by atoms with Crippen molar-refractivity contribution in [1.82, 2.24) is 14.9 Å². The van der Waals surface area contributed by atoms with Gasteiger partial charge < -0.3 is 9.88 Å². The predicted molar refractivity (Wildman–Crippen MR) is 59.8 cm³/mol. The molecule has 2 aliphatic rings. The van der Waals surface area contributed by atoms with E-state index in [0.29, 0.717) is 0 Å². The molecule has 1 aromatic heterocycles. The van der Waals surface area contributed by atoms with Gasteiger partial charge in [0.2, 0.25) is 0 Å². The zero-order valence-corrected chi connectivity index (χ0v) is 9.15. The fraction of sp³-hybridized carbons (Fsp3) is 0.750. The van der Waals surface area contributed by atoms with Crippen molar-refractivity contribution in [1.29, 1.82) is 0 Å². The van der Waals surface area contributed by atoms with Gasteiger partial charge in [-0.2, -0.15) is 0 Å². The van der Waals surface area contributed by atoms with E-state index in [2.05, 4.69) is 21.1 Å². The maximum absolute atomic E-state index is 4.30. The fourth-order valence-corrected chi connectivity index (χ4v) is 2.55. The largest absolute Gasteiger partial charge is 0.334 e. The summed E-state index contributed by atoms with van der Waals surface area (Å²) in [6.45, 7) is 3.57. The molecule has 1 saturated carbocycles. The van der Waals surface area contributed by atoms with Crippen LogP contribution in [0.25, 0.3) is 0 Å². The summed E-state index contributed by atoms with van der Waals surface area (Å²) in [6.07, 6.45) is 9.48. The van der Waals surface area contributed by atoms with E-state index in [4.69, 9.17) is 0 Å². The highest BCUT2D eigenvalue weighted by Crippen LogP contribution is 2.40. The lowest BCUT2D eigenvalue weighted by atomic mass is 9.98. The number of nitrogens with zero attached hydrogens (tertiary/aromatic N) is 2. The van der Waals surface area contributed by atoms with Crippen LogP contribution < -0.4 is 5.32 Å². The van der Waals surface area contributed by atoms with Crippen molar-refractivity contribution in [3.05, 3.63) is 18.2 Å². The van der Waals surface area contributed by atoms with Crippen LogP contribution in [-0.4, -0.2) is 22.6 Å². The molecule has 2 heterocycles. The van der Waals surface area contributed by atoms with E-state index < -0.39 is 0 Å². The molecule has 3 nitrogen and oxygen atoms in total. The summed E-state index contributed by atoms with van der Waals surface area (Å²) in [6, 6.07) is 0. The molecule has 3 heteroatoms. The summed E-state index contributed by atoms with van der Waals surface area (Å²) in [5.41, 5.74) is 1.48. The molecule has 82 valence electrons. The highest BCUT2D eigenvalue weighted by Gasteiger charge is 2.27. The van der Waals surface area contributed by atoms with Crippen LogP contribution in [0, 0.1) is 5.92 Å². The molecule has 1 aromatic rings. The Morgan fingerprint density at radius 3 is 2.80 bits per heavy atom. The van der Waals surface area contributed by atoms with Crippen LogP contribution >= 0.6 is 0 Å². The molecule has 0 radical (unpaired) electrons. The average molecular weight is 205 g/mol.